The molecule has 0 saturated heterocycles. The molecule has 0 bridgehead atoms. The minimum Gasteiger partial charge on any atom is -0.301 e. The third-order valence-corrected chi connectivity index (χ3v) is 4.59. The molecule has 2 aromatic rings. The van der Waals surface area contributed by atoms with Crippen molar-refractivity contribution in [3.63, 3.8) is 0 Å². The van der Waals surface area contributed by atoms with Gasteiger partial charge in [0.25, 0.3) is 0 Å². The lowest BCUT2D eigenvalue weighted by Crippen LogP contribution is -2.24. The first-order chi connectivity index (χ1) is 9.77. The van der Waals surface area contributed by atoms with Crippen LogP contribution >= 0.6 is 23.1 Å². The third-order valence-electron chi connectivity index (χ3n) is 2.68. The Kier molecular flexibility index (Phi) is 4.62. The molecule has 1 amide bonds. The lowest BCUT2D eigenvalue weighted by Gasteiger charge is -2.19. The second kappa shape index (κ2) is 6.10. The van der Waals surface area contributed by atoms with Crippen molar-refractivity contribution in [3.05, 3.63) is 10.6 Å². The molecular formula is C12H18N6OS2. The molecule has 0 saturated carbocycles. The van der Waals surface area contributed by atoms with Gasteiger partial charge in [-0.05, 0) is 45.0 Å². The average molecular weight is 326 g/mol. The van der Waals surface area contributed by atoms with Crippen molar-refractivity contribution in [2.24, 2.45) is 0 Å². The number of aromatic nitrogens is 5. The summed E-state index contributed by atoms with van der Waals surface area (Å²) in [4.78, 5) is 17.3. The Labute approximate surface area is 131 Å². The van der Waals surface area contributed by atoms with Gasteiger partial charge in [-0.1, -0.05) is 11.8 Å². The molecule has 0 atom stereocenters. The Hall–Kier alpha value is -1.48. The van der Waals surface area contributed by atoms with Crippen LogP contribution in [0.3, 0.4) is 0 Å². The minimum absolute atomic E-state index is 0.114. The van der Waals surface area contributed by atoms with E-state index < -0.39 is 0 Å². The van der Waals surface area contributed by atoms with Crippen molar-refractivity contribution in [1.29, 1.82) is 0 Å². The summed E-state index contributed by atoms with van der Waals surface area (Å²) in [5.41, 5.74) is 0.728. The van der Waals surface area contributed by atoms with Crippen molar-refractivity contribution < 1.29 is 4.79 Å². The fourth-order valence-corrected chi connectivity index (χ4v) is 3.19. The molecule has 0 aromatic carbocycles. The summed E-state index contributed by atoms with van der Waals surface area (Å²) in [6.45, 7) is 9.93. The number of carbonyl (C=O) groups is 1. The van der Waals surface area contributed by atoms with Crippen LogP contribution in [0, 0.1) is 13.8 Å². The number of anilines is 1. The lowest BCUT2D eigenvalue weighted by atomic mass is 10.1. The van der Waals surface area contributed by atoms with Gasteiger partial charge in [0.1, 0.15) is 0 Å². The largest absolute Gasteiger partial charge is 0.301 e. The summed E-state index contributed by atoms with van der Waals surface area (Å²) in [6, 6.07) is 0. The van der Waals surface area contributed by atoms with Crippen molar-refractivity contribution in [2.75, 3.05) is 11.1 Å². The van der Waals surface area contributed by atoms with Crippen LogP contribution in [0.15, 0.2) is 5.16 Å². The number of tetrazole rings is 1. The van der Waals surface area contributed by atoms with E-state index in [9.17, 15) is 4.79 Å². The predicted molar refractivity (Wildman–Crippen MR) is 83.8 cm³/mol. The highest BCUT2D eigenvalue weighted by Gasteiger charge is 2.20. The van der Waals surface area contributed by atoms with Crippen LogP contribution in [0.5, 0.6) is 0 Å². The summed E-state index contributed by atoms with van der Waals surface area (Å²) in [5, 5.41) is 15.6. The number of aryl methyl sites for hydroxylation is 2. The molecule has 1 N–H and O–H groups in total. The lowest BCUT2D eigenvalue weighted by molar-refractivity contribution is -0.113. The van der Waals surface area contributed by atoms with Gasteiger partial charge in [0.2, 0.25) is 11.1 Å². The third kappa shape index (κ3) is 4.01. The minimum atomic E-state index is -0.216. The maximum absolute atomic E-state index is 11.9. The van der Waals surface area contributed by atoms with Crippen molar-refractivity contribution in [2.45, 2.75) is 45.3 Å². The number of hydrogen-bond donors (Lipinski definition) is 1. The number of rotatable bonds is 4. The van der Waals surface area contributed by atoms with Gasteiger partial charge in [-0.2, -0.15) is 0 Å². The summed E-state index contributed by atoms with van der Waals surface area (Å²) in [5.74, 6) is 0.130. The van der Waals surface area contributed by atoms with Gasteiger partial charge in [-0.25, -0.2) is 9.67 Å². The standard InChI is InChI=1S/C12H18N6OS2/c1-7-8(2)21-10(13-7)14-9(19)6-20-11-15-16-17-18(11)12(3,4)5/h6H2,1-5H3,(H,13,14,19). The highest BCUT2D eigenvalue weighted by atomic mass is 32.2. The quantitative estimate of drug-likeness (QED) is 0.867. The fourth-order valence-electron chi connectivity index (χ4n) is 1.50. The van der Waals surface area contributed by atoms with Gasteiger partial charge in [0.15, 0.2) is 5.13 Å². The Bertz CT molecular complexity index is 623. The molecule has 0 aliphatic rings. The van der Waals surface area contributed by atoms with Crippen LogP contribution in [-0.4, -0.2) is 36.9 Å². The van der Waals surface area contributed by atoms with Crippen LogP contribution < -0.4 is 5.32 Å². The van der Waals surface area contributed by atoms with Gasteiger partial charge in [0, 0.05) is 4.88 Å². The summed E-state index contributed by atoms with van der Waals surface area (Å²) in [6.07, 6.45) is 0. The zero-order valence-corrected chi connectivity index (χ0v) is 14.3. The summed E-state index contributed by atoms with van der Waals surface area (Å²) in [7, 11) is 0. The molecule has 0 radical (unpaired) electrons. The van der Waals surface area contributed by atoms with E-state index in [1.165, 1.54) is 23.1 Å². The molecule has 21 heavy (non-hydrogen) atoms. The molecule has 0 aliphatic carbocycles. The Morgan fingerprint density at radius 1 is 1.38 bits per heavy atom. The Morgan fingerprint density at radius 2 is 2.10 bits per heavy atom. The first-order valence-corrected chi connectivity index (χ1v) is 8.23. The van der Waals surface area contributed by atoms with E-state index in [1.54, 1.807) is 4.68 Å². The summed E-state index contributed by atoms with van der Waals surface area (Å²) >= 11 is 2.79. The summed E-state index contributed by atoms with van der Waals surface area (Å²) < 4.78 is 1.71. The smallest absolute Gasteiger partial charge is 0.236 e. The van der Waals surface area contributed by atoms with Gasteiger partial charge in [-0.3, -0.25) is 4.79 Å². The highest BCUT2D eigenvalue weighted by Crippen LogP contribution is 2.23. The molecule has 2 rings (SSSR count). The molecule has 0 aliphatic heterocycles. The zero-order valence-electron chi connectivity index (χ0n) is 12.7. The van der Waals surface area contributed by atoms with E-state index in [2.05, 4.69) is 25.8 Å². The number of thioether (sulfide) groups is 1. The number of nitrogens with one attached hydrogen (secondary N) is 1. The van der Waals surface area contributed by atoms with E-state index in [1.807, 2.05) is 34.6 Å². The zero-order chi connectivity index (χ0) is 15.6. The van der Waals surface area contributed by atoms with Crippen LogP contribution in [0.25, 0.3) is 0 Å². The molecule has 9 heteroatoms. The van der Waals surface area contributed by atoms with E-state index in [0.29, 0.717) is 10.3 Å². The number of amides is 1. The Morgan fingerprint density at radius 3 is 2.67 bits per heavy atom. The van der Waals surface area contributed by atoms with Crippen molar-refractivity contribution in [1.82, 2.24) is 25.2 Å². The molecule has 0 unspecified atom stereocenters. The van der Waals surface area contributed by atoms with Crippen LogP contribution in [0.2, 0.25) is 0 Å². The van der Waals surface area contributed by atoms with Crippen molar-refractivity contribution in [3.8, 4) is 0 Å². The second-order valence-electron chi connectivity index (χ2n) is 5.54. The van der Waals surface area contributed by atoms with Crippen LogP contribution in [0.4, 0.5) is 5.13 Å². The molecule has 114 valence electrons. The number of thiazole rings is 1. The normalized spacial score (nSPS) is 11.7. The molecular weight excluding hydrogens is 308 g/mol. The topological polar surface area (TPSA) is 85.6 Å². The Balaban J connectivity index is 1.94. The number of hydrogen-bond acceptors (Lipinski definition) is 7. The highest BCUT2D eigenvalue weighted by molar-refractivity contribution is 7.99. The fraction of sp³-hybridized carbons (Fsp3) is 0.583. The molecule has 0 fully saturated rings. The SMILES string of the molecule is Cc1nc(NC(=O)CSc2nnnn2C(C)(C)C)sc1C. The molecule has 2 heterocycles. The first-order valence-electron chi connectivity index (χ1n) is 6.43. The van der Waals surface area contributed by atoms with E-state index in [-0.39, 0.29) is 17.2 Å². The second-order valence-corrected chi connectivity index (χ2v) is 7.69. The van der Waals surface area contributed by atoms with Gasteiger partial charge in [-0.15, -0.1) is 16.4 Å². The van der Waals surface area contributed by atoms with Gasteiger partial charge >= 0.3 is 0 Å². The van der Waals surface area contributed by atoms with E-state index in [0.717, 1.165) is 10.6 Å². The van der Waals surface area contributed by atoms with Crippen molar-refractivity contribution >= 4 is 34.1 Å². The average Bonchev–Trinajstić information content (AvgIpc) is 2.94. The van der Waals surface area contributed by atoms with Gasteiger partial charge in [0.05, 0.1) is 17.0 Å². The van der Waals surface area contributed by atoms with Gasteiger partial charge < -0.3 is 5.32 Å². The van der Waals surface area contributed by atoms with E-state index in [4.69, 9.17) is 0 Å². The molecule has 7 nitrogen and oxygen atoms in total. The predicted octanol–water partition coefficient (Wildman–Crippen LogP) is 2.23. The molecule has 2 aromatic heterocycles. The van der Waals surface area contributed by atoms with E-state index >= 15 is 0 Å². The number of carbonyl (C=O) groups excluding carboxylic acids is 1. The molecule has 0 spiro atoms. The maximum Gasteiger partial charge on any atom is 0.236 e. The number of nitrogens with zero attached hydrogens (tertiary/aromatic N) is 5. The monoisotopic (exact) mass is 326 g/mol. The van der Waals surface area contributed by atoms with Crippen LogP contribution in [0.1, 0.15) is 31.3 Å². The van der Waals surface area contributed by atoms with Crippen LogP contribution in [-0.2, 0) is 10.3 Å². The first kappa shape index (κ1) is 15.9. The maximum atomic E-state index is 11.9.